The summed E-state index contributed by atoms with van der Waals surface area (Å²) in [5.74, 6) is 2.75. The van der Waals surface area contributed by atoms with Crippen LogP contribution >= 0.6 is 19.1 Å². The van der Waals surface area contributed by atoms with Gasteiger partial charge in [-0.3, -0.25) is 0 Å². The summed E-state index contributed by atoms with van der Waals surface area (Å²) in [7, 11) is -3.16. The molecule has 2 aromatic heterocycles. The first kappa shape index (κ1) is 24.3. The monoisotopic (exact) mass is 508 g/mol. The van der Waals surface area contributed by atoms with Crippen LogP contribution in [-0.4, -0.2) is 31.1 Å². The Morgan fingerprint density at radius 2 is 1.86 bits per heavy atom. The van der Waals surface area contributed by atoms with E-state index in [4.69, 9.17) is 9.73 Å². The molecule has 0 amide bonds. The zero-order valence-electron chi connectivity index (χ0n) is 20.3. The molecule has 1 fully saturated rings. The van der Waals surface area contributed by atoms with E-state index in [1.807, 2.05) is 24.6 Å². The molecule has 0 unspecified atom stereocenters. The van der Waals surface area contributed by atoms with Crippen molar-refractivity contribution >= 4 is 35.8 Å². The molecule has 3 aromatic rings. The van der Waals surface area contributed by atoms with Crippen LogP contribution < -0.4 is 10.0 Å². The Balaban J connectivity index is 1.32. The Morgan fingerprint density at radius 1 is 1.11 bits per heavy atom. The molecule has 1 aliphatic heterocycles. The quantitative estimate of drug-likeness (QED) is 0.407. The van der Waals surface area contributed by atoms with Gasteiger partial charge in [-0.2, -0.15) is 4.98 Å². The van der Waals surface area contributed by atoms with Gasteiger partial charge in [-0.1, -0.05) is 31.2 Å². The van der Waals surface area contributed by atoms with E-state index >= 15 is 0 Å². The highest BCUT2D eigenvalue weighted by Gasteiger charge is 2.37. The van der Waals surface area contributed by atoms with Crippen molar-refractivity contribution in [2.45, 2.75) is 64.4 Å². The highest BCUT2D eigenvalue weighted by Crippen LogP contribution is 2.53. The maximum absolute atomic E-state index is 10.6. The fraction of sp³-hybridized carbons (Fsp3) is 0.370. The van der Waals surface area contributed by atoms with Crippen molar-refractivity contribution < 1.29 is 14.5 Å². The van der Waals surface area contributed by atoms with Crippen molar-refractivity contribution in [1.29, 1.82) is 0 Å². The topological polar surface area (TPSA) is 87.8 Å². The molecule has 35 heavy (non-hydrogen) atoms. The number of aliphatic imine (C=N–C) groups is 1. The predicted octanol–water partition coefficient (Wildman–Crippen LogP) is 6.09. The lowest BCUT2D eigenvalue weighted by atomic mass is 9.81. The van der Waals surface area contributed by atoms with Crippen LogP contribution in [0, 0.1) is 0 Å². The number of aryl methyl sites for hydroxylation is 1. The van der Waals surface area contributed by atoms with Crippen molar-refractivity contribution in [3.8, 4) is 5.88 Å². The van der Waals surface area contributed by atoms with E-state index in [1.165, 1.54) is 16.9 Å². The molecule has 1 aromatic carbocycles. The standard InChI is InChI=1S/C27H31N3O3PS/c1-4-23-24-26(29-17-28-23)33-27(2,3)25(30-24)21-11-9-20(10-12-21)19-7-5-18(6-8-19)15-34(31,32)22-13-14-35-16-22/h9-17,19,31-32H,4-8H2,1-3H3/q+1. The summed E-state index contributed by atoms with van der Waals surface area (Å²) in [5, 5.41) is 4.36. The lowest BCUT2D eigenvalue weighted by molar-refractivity contribution is 0.171. The van der Waals surface area contributed by atoms with Gasteiger partial charge in [-0.15, -0.1) is 11.3 Å². The van der Waals surface area contributed by atoms with Crippen molar-refractivity contribution in [2.24, 2.45) is 4.99 Å². The van der Waals surface area contributed by atoms with Gasteiger partial charge in [-0.05, 0) is 74.5 Å². The summed E-state index contributed by atoms with van der Waals surface area (Å²) in [4.78, 5) is 34.8. The first-order valence-corrected chi connectivity index (χ1v) is 14.8. The summed E-state index contributed by atoms with van der Waals surface area (Å²) in [5.41, 5.74) is 5.42. The van der Waals surface area contributed by atoms with Gasteiger partial charge in [-0.25, -0.2) is 19.8 Å². The van der Waals surface area contributed by atoms with Crippen molar-refractivity contribution in [1.82, 2.24) is 9.97 Å². The zero-order chi connectivity index (χ0) is 24.6. The number of allylic oxidation sites excluding steroid dienone is 1. The van der Waals surface area contributed by atoms with E-state index in [2.05, 4.69) is 41.2 Å². The summed E-state index contributed by atoms with van der Waals surface area (Å²) in [6.07, 6.45) is 6.11. The van der Waals surface area contributed by atoms with Gasteiger partial charge in [0.15, 0.2) is 5.30 Å². The van der Waals surface area contributed by atoms with Crippen LogP contribution in [-0.2, 0) is 6.42 Å². The van der Waals surface area contributed by atoms with Gasteiger partial charge in [0.2, 0.25) is 5.88 Å². The third-order valence-electron chi connectivity index (χ3n) is 6.88. The Labute approximate surface area is 211 Å². The van der Waals surface area contributed by atoms with Crippen molar-refractivity contribution in [3.63, 3.8) is 0 Å². The molecule has 3 heterocycles. The maximum Gasteiger partial charge on any atom is 0.326 e. The Kier molecular flexibility index (Phi) is 6.62. The lowest BCUT2D eigenvalue weighted by Crippen LogP contribution is -2.41. The molecule has 2 N–H and O–H groups in total. The molecule has 1 saturated carbocycles. The van der Waals surface area contributed by atoms with Gasteiger partial charge in [0.25, 0.3) is 0 Å². The van der Waals surface area contributed by atoms with Crippen molar-refractivity contribution in [3.05, 3.63) is 75.6 Å². The molecule has 8 heteroatoms. The Morgan fingerprint density at radius 3 is 2.51 bits per heavy atom. The zero-order valence-corrected chi connectivity index (χ0v) is 22.0. The number of fused-ring (bicyclic) bond motifs is 1. The second-order valence-corrected chi connectivity index (χ2v) is 12.6. The normalized spacial score (nSPS) is 19.5. The number of ether oxygens (including phenoxy) is 1. The van der Waals surface area contributed by atoms with E-state index in [0.29, 0.717) is 17.1 Å². The minimum Gasteiger partial charge on any atom is -0.463 e. The number of rotatable bonds is 5. The van der Waals surface area contributed by atoms with Gasteiger partial charge < -0.3 is 4.74 Å². The number of hydrogen-bond acceptors (Lipinski definition) is 7. The Hall–Kier alpha value is -2.44. The van der Waals surface area contributed by atoms with E-state index in [0.717, 1.165) is 60.3 Å². The first-order chi connectivity index (χ1) is 16.8. The number of hydrogen-bond donors (Lipinski definition) is 2. The van der Waals surface area contributed by atoms with Crippen LogP contribution in [0.3, 0.4) is 0 Å². The molecule has 182 valence electrons. The first-order valence-electron chi connectivity index (χ1n) is 12.1. The molecule has 1 aliphatic carbocycles. The van der Waals surface area contributed by atoms with E-state index in [9.17, 15) is 9.79 Å². The molecule has 5 rings (SSSR count). The molecule has 2 aliphatic rings. The Bertz CT molecular complexity index is 1260. The average molecular weight is 509 g/mol. The van der Waals surface area contributed by atoms with Crippen LogP contribution in [0.15, 0.2) is 63.8 Å². The van der Waals surface area contributed by atoms with E-state index < -0.39 is 13.3 Å². The van der Waals surface area contributed by atoms with Crippen LogP contribution in [0.5, 0.6) is 5.88 Å². The third-order valence-corrected chi connectivity index (χ3v) is 9.50. The summed E-state index contributed by atoms with van der Waals surface area (Å²) in [6.45, 7) is 6.10. The third kappa shape index (κ3) is 4.96. The molecule has 0 saturated heterocycles. The van der Waals surface area contributed by atoms with Crippen molar-refractivity contribution in [2.75, 3.05) is 0 Å². The summed E-state index contributed by atoms with van der Waals surface area (Å²) in [6, 6.07) is 10.5. The fourth-order valence-electron chi connectivity index (χ4n) is 4.93. The fourth-order valence-corrected chi connectivity index (χ4v) is 7.57. The molecule has 0 radical (unpaired) electrons. The average Bonchev–Trinajstić information content (AvgIpc) is 3.39. The van der Waals surface area contributed by atoms with Crippen LogP contribution in [0.25, 0.3) is 0 Å². The van der Waals surface area contributed by atoms with E-state index in [-0.39, 0.29) is 0 Å². The molecular weight excluding hydrogens is 477 g/mol. The SMILES string of the molecule is CCc1ncnc2c1N=C(c1ccc(C3CCC(=C[P+](O)(O)c4ccsc4)CC3)cc1)C(C)(C)O2. The van der Waals surface area contributed by atoms with Gasteiger partial charge >= 0.3 is 7.72 Å². The highest BCUT2D eigenvalue weighted by molar-refractivity contribution is 7.75. The van der Waals surface area contributed by atoms with Gasteiger partial charge in [0.05, 0.1) is 11.4 Å². The van der Waals surface area contributed by atoms with Crippen LogP contribution in [0.2, 0.25) is 0 Å². The highest BCUT2D eigenvalue weighted by atomic mass is 32.1. The second-order valence-electron chi connectivity index (χ2n) is 9.72. The van der Waals surface area contributed by atoms with Gasteiger partial charge in [0, 0.05) is 10.9 Å². The smallest absolute Gasteiger partial charge is 0.326 e. The summed E-state index contributed by atoms with van der Waals surface area (Å²) < 4.78 is 6.23. The van der Waals surface area contributed by atoms with E-state index in [1.54, 1.807) is 18.2 Å². The molecule has 6 nitrogen and oxygen atoms in total. The number of nitrogens with zero attached hydrogens (tertiary/aromatic N) is 3. The number of aromatic nitrogens is 2. The van der Waals surface area contributed by atoms with Crippen LogP contribution in [0.1, 0.15) is 69.2 Å². The number of benzene rings is 1. The largest absolute Gasteiger partial charge is 0.463 e. The summed E-state index contributed by atoms with van der Waals surface area (Å²) >= 11 is 1.49. The molecular formula is C27H31N3O3PS+. The lowest BCUT2D eigenvalue weighted by Gasteiger charge is -2.32. The minimum absolute atomic E-state index is 0.464. The maximum atomic E-state index is 10.6. The molecule has 0 atom stereocenters. The molecule has 0 spiro atoms. The second kappa shape index (κ2) is 9.55. The predicted molar refractivity (Wildman–Crippen MR) is 143 cm³/mol. The molecule has 0 bridgehead atoms. The number of thiophene rings is 1. The van der Waals surface area contributed by atoms with Crippen LogP contribution in [0.4, 0.5) is 5.69 Å². The minimum atomic E-state index is -3.16. The van der Waals surface area contributed by atoms with Gasteiger partial charge in [0.1, 0.15) is 23.4 Å².